The number of amides is 1. The average Bonchev–Trinajstić information content (AvgIpc) is 2.54. The van der Waals surface area contributed by atoms with E-state index in [1.54, 1.807) is 0 Å². The highest BCUT2D eigenvalue weighted by atomic mass is 19.4. The first-order chi connectivity index (χ1) is 11.8. The molecule has 2 rings (SSSR count). The second kappa shape index (κ2) is 8.19. The molecule has 0 aromatic heterocycles. The summed E-state index contributed by atoms with van der Waals surface area (Å²) in [5.41, 5.74) is 7.45. The van der Waals surface area contributed by atoms with E-state index in [2.05, 4.69) is 10.3 Å². The molecule has 4 N–H and O–H groups in total. The third kappa shape index (κ3) is 5.63. The van der Waals surface area contributed by atoms with Gasteiger partial charge in [0, 0.05) is 13.1 Å². The fourth-order valence-corrected chi connectivity index (χ4v) is 2.25. The number of carbonyl (C=O) groups excluding carboxylic acids is 1. The van der Waals surface area contributed by atoms with E-state index < -0.39 is 12.1 Å². The van der Waals surface area contributed by atoms with Crippen molar-refractivity contribution in [2.45, 2.75) is 38.6 Å². The number of carbonyl (C=O) groups is 1. The first-order valence-corrected chi connectivity index (χ1v) is 7.97. The van der Waals surface area contributed by atoms with E-state index >= 15 is 0 Å². The maximum atomic E-state index is 12.0. The topological polar surface area (TPSA) is 88.7 Å². The normalized spacial score (nSPS) is 16.6. The molecule has 1 heterocycles. The van der Waals surface area contributed by atoms with Crippen molar-refractivity contribution in [3.8, 4) is 5.75 Å². The average molecular weight is 358 g/mol. The zero-order valence-corrected chi connectivity index (χ0v) is 13.8. The number of aliphatic imine (C=N–C) groups is 1. The van der Waals surface area contributed by atoms with Crippen molar-refractivity contribution < 1.29 is 22.7 Å². The highest BCUT2D eigenvalue weighted by Gasteiger charge is 2.38. The molecule has 1 aliphatic heterocycles. The lowest BCUT2D eigenvalue weighted by Gasteiger charge is -2.21. The van der Waals surface area contributed by atoms with E-state index in [0.29, 0.717) is 43.2 Å². The third-order valence-electron chi connectivity index (χ3n) is 3.65. The van der Waals surface area contributed by atoms with E-state index in [9.17, 15) is 18.0 Å². The summed E-state index contributed by atoms with van der Waals surface area (Å²) in [6.07, 6.45) is -3.95. The minimum atomic E-state index is -4.82. The lowest BCUT2D eigenvalue weighted by atomic mass is 10.1. The summed E-state index contributed by atoms with van der Waals surface area (Å²) in [4.78, 5) is 14.9. The Morgan fingerprint density at radius 3 is 2.76 bits per heavy atom. The Morgan fingerprint density at radius 1 is 1.32 bits per heavy atom. The number of halogens is 3. The number of rotatable bonds is 7. The van der Waals surface area contributed by atoms with Crippen molar-refractivity contribution >= 4 is 17.4 Å². The van der Waals surface area contributed by atoms with Crippen molar-refractivity contribution in [3.63, 3.8) is 0 Å². The number of benzene rings is 1. The summed E-state index contributed by atoms with van der Waals surface area (Å²) in [6.45, 7) is 3.04. The molecule has 138 valence electrons. The Bertz CT molecular complexity index is 647. The van der Waals surface area contributed by atoms with Gasteiger partial charge in [0.05, 0.1) is 0 Å². The summed E-state index contributed by atoms with van der Waals surface area (Å²) in [5.74, 6) is -0.782. The van der Waals surface area contributed by atoms with Crippen LogP contribution in [0.25, 0.3) is 0 Å². The molecule has 0 saturated carbocycles. The molecule has 9 heteroatoms. The van der Waals surface area contributed by atoms with E-state index in [1.165, 1.54) is 0 Å². The van der Waals surface area contributed by atoms with Crippen molar-refractivity contribution in [3.05, 3.63) is 23.8 Å². The molecule has 1 unspecified atom stereocenters. The highest BCUT2D eigenvalue weighted by Crippen LogP contribution is 2.32. The van der Waals surface area contributed by atoms with Crippen LogP contribution in [0, 0.1) is 0 Å². The Balaban J connectivity index is 1.67. The van der Waals surface area contributed by atoms with Gasteiger partial charge >= 0.3 is 12.1 Å². The quantitative estimate of drug-likeness (QED) is 0.651. The van der Waals surface area contributed by atoms with Gasteiger partial charge in [0.1, 0.15) is 17.3 Å². The van der Waals surface area contributed by atoms with Crippen LogP contribution in [0.5, 0.6) is 5.75 Å². The van der Waals surface area contributed by atoms with E-state index in [-0.39, 0.29) is 12.6 Å². The van der Waals surface area contributed by atoms with Gasteiger partial charge in [-0.15, -0.1) is 0 Å². The van der Waals surface area contributed by atoms with Crippen LogP contribution in [0.1, 0.15) is 25.3 Å². The van der Waals surface area contributed by atoms with Crippen LogP contribution >= 0.6 is 0 Å². The molecule has 0 saturated heterocycles. The van der Waals surface area contributed by atoms with Crippen LogP contribution in [0.2, 0.25) is 0 Å². The number of nitrogens with zero attached hydrogens (tertiary/aromatic N) is 1. The maximum Gasteiger partial charge on any atom is 0.471 e. The molecule has 1 aliphatic rings. The van der Waals surface area contributed by atoms with E-state index in [0.717, 1.165) is 5.56 Å². The molecule has 0 fully saturated rings. The molecule has 1 amide bonds. The number of alkyl halides is 3. The SMILES string of the molecule is CC1Oc2ccc(CNCCCCNC(=O)C(F)(F)F)cc2N=C1N. The standard InChI is InChI=1S/C16H21F3N4O2/c1-10-14(20)23-12-8-11(4-5-13(12)25-10)9-21-6-2-3-7-22-15(24)16(17,18)19/h4-5,8,10,21H,2-3,6-7,9H2,1H3,(H2,20,23)(H,22,24). The zero-order valence-electron chi connectivity index (χ0n) is 13.8. The van der Waals surface area contributed by atoms with Gasteiger partial charge < -0.3 is 21.1 Å². The minimum Gasteiger partial charge on any atom is -0.481 e. The summed E-state index contributed by atoms with van der Waals surface area (Å²) < 4.78 is 41.6. The molecule has 0 bridgehead atoms. The first kappa shape index (κ1) is 19.0. The Labute approximate surface area is 143 Å². The van der Waals surface area contributed by atoms with Crippen LogP contribution in [-0.2, 0) is 11.3 Å². The number of ether oxygens (including phenoxy) is 1. The Morgan fingerprint density at radius 2 is 2.04 bits per heavy atom. The van der Waals surface area contributed by atoms with Crippen LogP contribution in [-0.4, -0.2) is 37.1 Å². The second-order valence-corrected chi connectivity index (χ2v) is 5.74. The monoisotopic (exact) mass is 358 g/mol. The van der Waals surface area contributed by atoms with Crippen molar-refractivity contribution in [1.82, 2.24) is 10.6 Å². The van der Waals surface area contributed by atoms with Crippen LogP contribution in [0.4, 0.5) is 18.9 Å². The number of hydrogen-bond acceptors (Lipinski definition) is 5. The van der Waals surface area contributed by atoms with Gasteiger partial charge in [-0.1, -0.05) is 6.07 Å². The van der Waals surface area contributed by atoms with Gasteiger partial charge in [0.2, 0.25) is 0 Å². The smallest absolute Gasteiger partial charge is 0.471 e. The highest BCUT2D eigenvalue weighted by molar-refractivity contribution is 5.89. The van der Waals surface area contributed by atoms with Gasteiger partial charge in [-0.25, -0.2) is 4.99 Å². The predicted molar refractivity (Wildman–Crippen MR) is 87.8 cm³/mol. The van der Waals surface area contributed by atoms with Gasteiger partial charge in [0.15, 0.2) is 6.10 Å². The van der Waals surface area contributed by atoms with Gasteiger partial charge in [-0.05, 0) is 44.0 Å². The molecule has 1 aromatic carbocycles. The number of hydrogen-bond donors (Lipinski definition) is 3. The number of fused-ring (bicyclic) bond motifs is 1. The van der Waals surface area contributed by atoms with E-state index in [4.69, 9.17) is 10.5 Å². The Kier molecular flexibility index (Phi) is 6.24. The van der Waals surface area contributed by atoms with Crippen LogP contribution < -0.4 is 21.1 Å². The molecule has 0 spiro atoms. The number of nitrogens with one attached hydrogen (secondary N) is 2. The van der Waals surface area contributed by atoms with Gasteiger partial charge in [-0.3, -0.25) is 4.79 Å². The summed E-state index contributed by atoms with van der Waals surface area (Å²) in [6, 6.07) is 5.63. The van der Waals surface area contributed by atoms with Gasteiger partial charge in [-0.2, -0.15) is 13.2 Å². The van der Waals surface area contributed by atoms with Crippen molar-refractivity contribution in [2.24, 2.45) is 10.7 Å². The minimum absolute atomic E-state index is 0.00236. The zero-order chi connectivity index (χ0) is 18.4. The van der Waals surface area contributed by atoms with Crippen LogP contribution in [0.15, 0.2) is 23.2 Å². The molecule has 6 nitrogen and oxygen atoms in total. The number of amidine groups is 1. The Hall–Kier alpha value is -2.29. The molecular weight excluding hydrogens is 337 g/mol. The van der Waals surface area contributed by atoms with Crippen LogP contribution in [0.3, 0.4) is 0 Å². The molecule has 0 radical (unpaired) electrons. The predicted octanol–water partition coefficient (Wildman–Crippen LogP) is 2.00. The summed E-state index contributed by atoms with van der Waals surface area (Å²) >= 11 is 0. The fraction of sp³-hybridized carbons (Fsp3) is 0.500. The third-order valence-corrected chi connectivity index (χ3v) is 3.65. The number of unbranched alkanes of at least 4 members (excludes halogenated alkanes) is 1. The lowest BCUT2D eigenvalue weighted by molar-refractivity contribution is -0.173. The van der Waals surface area contributed by atoms with Gasteiger partial charge in [0.25, 0.3) is 0 Å². The molecule has 25 heavy (non-hydrogen) atoms. The first-order valence-electron chi connectivity index (χ1n) is 7.97. The summed E-state index contributed by atoms with van der Waals surface area (Å²) in [7, 11) is 0. The summed E-state index contributed by atoms with van der Waals surface area (Å²) in [5, 5.41) is 5.03. The van der Waals surface area contributed by atoms with Crippen molar-refractivity contribution in [1.29, 1.82) is 0 Å². The molecule has 0 aliphatic carbocycles. The van der Waals surface area contributed by atoms with Crippen molar-refractivity contribution in [2.75, 3.05) is 13.1 Å². The largest absolute Gasteiger partial charge is 0.481 e. The fourth-order valence-electron chi connectivity index (χ4n) is 2.25. The van der Waals surface area contributed by atoms with E-state index in [1.807, 2.05) is 30.4 Å². The maximum absolute atomic E-state index is 12.0. The number of nitrogens with two attached hydrogens (primary N) is 1. The molecule has 1 atom stereocenters. The second-order valence-electron chi connectivity index (χ2n) is 5.74. The molecule has 1 aromatic rings. The molecular formula is C16H21F3N4O2. The lowest BCUT2D eigenvalue weighted by Crippen LogP contribution is -2.37.